The van der Waals surface area contributed by atoms with Crippen molar-refractivity contribution in [1.29, 1.82) is 0 Å². The third kappa shape index (κ3) is 3.75. The monoisotopic (exact) mass is 439 g/mol. The minimum atomic E-state index is -3.94. The van der Waals surface area contributed by atoms with Gasteiger partial charge in [-0.25, -0.2) is 32.7 Å². The lowest BCUT2D eigenvalue weighted by Crippen LogP contribution is -2.14. The lowest BCUT2D eigenvalue weighted by molar-refractivity contribution is 0.0594. The lowest BCUT2D eigenvalue weighted by Gasteiger charge is -2.11. The van der Waals surface area contributed by atoms with Gasteiger partial charge in [-0.1, -0.05) is 6.07 Å². The fraction of sp³-hybridized carbons (Fsp3) is 0.105. The molecule has 3 N–H and O–H groups in total. The molecule has 11 nitrogen and oxygen atoms in total. The number of nitrogens with two attached hydrogens (primary N) is 1. The van der Waals surface area contributed by atoms with E-state index >= 15 is 0 Å². The van der Waals surface area contributed by atoms with E-state index in [0.29, 0.717) is 16.9 Å². The number of sulfonamides is 1. The number of imidazole rings is 1. The number of pyridine rings is 1. The molecule has 12 heteroatoms. The molecular weight excluding hydrogens is 422 g/mol. The van der Waals surface area contributed by atoms with Crippen LogP contribution in [0.25, 0.3) is 16.9 Å². The first-order valence-corrected chi connectivity index (χ1v) is 10.4. The van der Waals surface area contributed by atoms with E-state index in [0.717, 1.165) is 5.56 Å². The summed E-state index contributed by atoms with van der Waals surface area (Å²) < 4.78 is 34.4. The quantitative estimate of drug-likeness (QED) is 0.442. The van der Waals surface area contributed by atoms with Gasteiger partial charge in [-0.2, -0.15) is 5.10 Å². The summed E-state index contributed by atoms with van der Waals surface area (Å²) in [5.41, 5.74) is 8.49. The number of rotatable bonds is 5. The molecule has 0 amide bonds. The van der Waals surface area contributed by atoms with Crippen LogP contribution >= 0.6 is 0 Å². The molecule has 4 rings (SSSR count). The number of carbonyl (C=O) groups excluding carboxylic acids is 1. The molecule has 4 aromatic rings. The Labute approximate surface area is 177 Å². The lowest BCUT2D eigenvalue weighted by atomic mass is 10.1. The Morgan fingerprint density at radius 2 is 1.94 bits per heavy atom. The molecule has 0 spiro atoms. The van der Waals surface area contributed by atoms with Crippen molar-refractivity contribution in [3.63, 3.8) is 0 Å². The molecule has 0 saturated heterocycles. The van der Waals surface area contributed by atoms with E-state index in [-0.39, 0.29) is 22.1 Å². The molecule has 0 radical (unpaired) electrons. The number of fused-ring (bicyclic) bond motifs is 1. The highest BCUT2D eigenvalue weighted by Crippen LogP contribution is 2.28. The van der Waals surface area contributed by atoms with E-state index < -0.39 is 16.0 Å². The van der Waals surface area contributed by atoms with Crippen LogP contribution in [0.3, 0.4) is 0 Å². The highest BCUT2D eigenvalue weighted by Gasteiger charge is 2.19. The number of nitrogen functional groups attached to an aromatic ring is 1. The normalized spacial score (nSPS) is 11.4. The smallest absolute Gasteiger partial charge is 0.356 e. The summed E-state index contributed by atoms with van der Waals surface area (Å²) in [5.74, 6) is -0.401. The number of aromatic nitrogens is 5. The number of esters is 1. The molecular formula is C19H17N7O4S. The van der Waals surface area contributed by atoms with E-state index in [1.165, 1.54) is 48.4 Å². The molecule has 158 valence electrons. The molecule has 0 aliphatic carbocycles. The molecule has 0 fully saturated rings. The highest BCUT2D eigenvalue weighted by atomic mass is 32.2. The summed E-state index contributed by atoms with van der Waals surface area (Å²) in [5, 5.41) is 4.16. The van der Waals surface area contributed by atoms with E-state index in [2.05, 4.69) is 29.5 Å². The number of nitrogens with zero attached hydrogens (tertiary/aromatic N) is 5. The minimum Gasteiger partial charge on any atom is -0.464 e. The van der Waals surface area contributed by atoms with Gasteiger partial charge in [0.25, 0.3) is 10.0 Å². The van der Waals surface area contributed by atoms with Crippen LogP contribution < -0.4 is 10.5 Å². The first-order valence-electron chi connectivity index (χ1n) is 8.92. The summed E-state index contributed by atoms with van der Waals surface area (Å²) in [6, 6.07) is 7.49. The van der Waals surface area contributed by atoms with E-state index in [9.17, 15) is 13.2 Å². The maximum atomic E-state index is 12.9. The number of ether oxygens (including phenoxy) is 1. The Morgan fingerprint density at radius 1 is 1.13 bits per heavy atom. The highest BCUT2D eigenvalue weighted by molar-refractivity contribution is 7.92. The van der Waals surface area contributed by atoms with Crippen molar-refractivity contribution in [2.45, 2.75) is 11.8 Å². The van der Waals surface area contributed by atoms with E-state index in [4.69, 9.17) is 5.73 Å². The maximum Gasteiger partial charge on any atom is 0.356 e. The van der Waals surface area contributed by atoms with Gasteiger partial charge in [0.05, 0.1) is 35.8 Å². The second-order valence-electron chi connectivity index (χ2n) is 6.53. The Bertz CT molecular complexity index is 1400. The standard InChI is InChI=1S/C19H17N7O4S/c1-11-3-5-13(7-14(11)16-9-22-18-17(20)23-10-24-26(16)18)31(28,29)25-12-4-6-15(21-8-12)19(27)30-2/h3-10,25H,1-2H3,(H2,20,23,24). The first kappa shape index (κ1) is 20.2. The molecule has 0 atom stereocenters. The Balaban J connectivity index is 1.70. The van der Waals surface area contributed by atoms with Gasteiger partial charge in [-0.05, 0) is 36.8 Å². The van der Waals surface area contributed by atoms with Gasteiger partial charge in [0.15, 0.2) is 11.5 Å². The van der Waals surface area contributed by atoms with Crippen LogP contribution in [-0.2, 0) is 14.8 Å². The second-order valence-corrected chi connectivity index (χ2v) is 8.21. The van der Waals surface area contributed by atoms with Crippen molar-refractivity contribution < 1.29 is 17.9 Å². The van der Waals surface area contributed by atoms with Crippen LogP contribution in [0, 0.1) is 6.92 Å². The van der Waals surface area contributed by atoms with Crippen molar-refractivity contribution in [1.82, 2.24) is 24.6 Å². The number of methoxy groups -OCH3 is 1. The summed E-state index contributed by atoms with van der Waals surface area (Å²) in [6.45, 7) is 1.85. The minimum absolute atomic E-state index is 0.0297. The summed E-state index contributed by atoms with van der Waals surface area (Å²) in [4.78, 5) is 23.5. The van der Waals surface area contributed by atoms with Gasteiger partial charge in [0, 0.05) is 5.56 Å². The molecule has 3 aromatic heterocycles. The van der Waals surface area contributed by atoms with Crippen LogP contribution in [-0.4, -0.2) is 46.1 Å². The number of hydrogen-bond donors (Lipinski definition) is 2. The zero-order valence-corrected chi connectivity index (χ0v) is 17.3. The number of nitrogens with one attached hydrogen (secondary N) is 1. The SMILES string of the molecule is COC(=O)c1ccc(NS(=O)(=O)c2ccc(C)c(-c3cnc4c(N)ncnn34)c2)cn1. The topological polar surface area (TPSA) is 154 Å². The van der Waals surface area contributed by atoms with Crippen LogP contribution in [0.1, 0.15) is 16.1 Å². The average molecular weight is 439 g/mol. The molecule has 0 aliphatic rings. The van der Waals surface area contributed by atoms with Gasteiger partial charge < -0.3 is 10.5 Å². The predicted molar refractivity (Wildman–Crippen MR) is 112 cm³/mol. The van der Waals surface area contributed by atoms with Gasteiger partial charge in [-0.3, -0.25) is 4.72 Å². The van der Waals surface area contributed by atoms with Crippen LogP contribution in [0.5, 0.6) is 0 Å². The van der Waals surface area contributed by atoms with Crippen molar-refractivity contribution in [3.05, 3.63) is 60.3 Å². The molecule has 0 saturated carbocycles. The van der Waals surface area contributed by atoms with Crippen molar-refractivity contribution >= 4 is 33.1 Å². The Morgan fingerprint density at radius 3 is 2.65 bits per heavy atom. The molecule has 1 aromatic carbocycles. The number of hydrogen-bond acceptors (Lipinski definition) is 9. The van der Waals surface area contributed by atoms with Crippen molar-refractivity contribution in [2.75, 3.05) is 17.6 Å². The summed E-state index contributed by atoms with van der Waals surface area (Å²) in [6.07, 6.45) is 4.10. The number of anilines is 2. The molecule has 31 heavy (non-hydrogen) atoms. The number of aryl methyl sites for hydroxylation is 1. The van der Waals surface area contributed by atoms with Gasteiger partial charge in [-0.15, -0.1) is 0 Å². The maximum absolute atomic E-state index is 12.9. The largest absolute Gasteiger partial charge is 0.464 e. The van der Waals surface area contributed by atoms with Gasteiger partial charge >= 0.3 is 5.97 Å². The summed E-state index contributed by atoms with van der Waals surface area (Å²) in [7, 11) is -2.70. The fourth-order valence-electron chi connectivity index (χ4n) is 2.96. The van der Waals surface area contributed by atoms with Crippen LogP contribution in [0.15, 0.2) is 53.9 Å². The van der Waals surface area contributed by atoms with Gasteiger partial charge in [0.2, 0.25) is 0 Å². The molecule has 0 unspecified atom stereocenters. The zero-order valence-electron chi connectivity index (χ0n) is 16.5. The Kier molecular flexibility index (Phi) is 4.99. The molecule has 0 aliphatic heterocycles. The van der Waals surface area contributed by atoms with Crippen LogP contribution in [0.2, 0.25) is 0 Å². The third-order valence-electron chi connectivity index (χ3n) is 4.54. The predicted octanol–water partition coefficient (Wildman–Crippen LogP) is 1.66. The average Bonchev–Trinajstić information content (AvgIpc) is 3.19. The number of carbonyl (C=O) groups is 1. The fourth-order valence-corrected chi connectivity index (χ4v) is 4.03. The first-order chi connectivity index (χ1) is 14.8. The Hall–Kier alpha value is -4.06. The van der Waals surface area contributed by atoms with Crippen LogP contribution in [0.4, 0.5) is 11.5 Å². The molecule has 0 bridgehead atoms. The zero-order chi connectivity index (χ0) is 22.2. The number of benzene rings is 1. The second kappa shape index (κ2) is 7.65. The summed E-state index contributed by atoms with van der Waals surface area (Å²) >= 11 is 0. The third-order valence-corrected chi connectivity index (χ3v) is 5.92. The van der Waals surface area contributed by atoms with E-state index in [1.807, 2.05) is 6.92 Å². The van der Waals surface area contributed by atoms with Crippen molar-refractivity contribution in [2.24, 2.45) is 0 Å². The van der Waals surface area contributed by atoms with E-state index in [1.54, 1.807) is 12.3 Å². The van der Waals surface area contributed by atoms with Crippen molar-refractivity contribution in [3.8, 4) is 11.3 Å². The molecule has 3 heterocycles. The van der Waals surface area contributed by atoms with Gasteiger partial charge in [0.1, 0.15) is 12.0 Å².